The predicted molar refractivity (Wildman–Crippen MR) is 180 cm³/mol. The van der Waals surface area contributed by atoms with E-state index < -0.39 is 0 Å². The van der Waals surface area contributed by atoms with Crippen molar-refractivity contribution in [3.05, 3.63) is 105 Å². The van der Waals surface area contributed by atoms with Crippen molar-refractivity contribution in [2.75, 3.05) is 32.7 Å². The number of nitrogens with zero attached hydrogens (tertiary/aromatic N) is 3. The molecule has 1 amide bonds. The lowest BCUT2D eigenvalue weighted by molar-refractivity contribution is -0.117. The standard InChI is InChI=1S/C36H44Cl2N4O2/c1-3-4-5-9-13-33-26(2)41(24-34(33)36(44)39-21-27-11-7-6-8-12-27)16-10-17-42-31-14-15-32(42)23-40(22-31)25-35(43)28-18-29(37)20-30(38)19-28/h5-9,11-13,18-20,24,26,31-32H,3-4,10,14-17,21-23,25H2,1-2H3,(H,39,44)/b9-5-,33-13+. The quantitative estimate of drug-likeness (QED) is 0.243. The molecule has 1 N–H and O–H groups in total. The molecule has 234 valence electrons. The van der Waals surface area contributed by atoms with Gasteiger partial charge in [-0.25, -0.2) is 0 Å². The monoisotopic (exact) mass is 634 g/mol. The van der Waals surface area contributed by atoms with Crippen LogP contribution in [0.4, 0.5) is 0 Å². The number of fused-ring (bicyclic) bond motifs is 2. The lowest BCUT2D eigenvalue weighted by Crippen LogP contribution is -2.55. The summed E-state index contributed by atoms with van der Waals surface area (Å²) in [4.78, 5) is 33.6. The first-order valence-corrected chi connectivity index (χ1v) is 16.7. The number of nitrogens with one attached hydrogen (secondary N) is 1. The molecular weight excluding hydrogens is 591 g/mol. The molecule has 0 radical (unpaired) electrons. The van der Waals surface area contributed by atoms with Crippen LogP contribution in [-0.4, -0.2) is 77.2 Å². The first-order chi connectivity index (χ1) is 21.3. The zero-order valence-corrected chi connectivity index (χ0v) is 27.4. The van der Waals surface area contributed by atoms with E-state index in [1.807, 2.05) is 30.3 Å². The molecule has 6 nitrogen and oxygen atoms in total. The average molecular weight is 636 g/mol. The largest absolute Gasteiger partial charge is 0.370 e. The molecule has 3 aliphatic rings. The third-order valence-electron chi connectivity index (χ3n) is 9.05. The molecule has 0 saturated carbocycles. The Balaban J connectivity index is 1.16. The van der Waals surface area contributed by atoms with Crippen molar-refractivity contribution in [2.24, 2.45) is 0 Å². The summed E-state index contributed by atoms with van der Waals surface area (Å²) in [5.74, 6) is 0.0381. The first-order valence-electron chi connectivity index (χ1n) is 16.0. The molecule has 5 rings (SSSR count). The Morgan fingerprint density at radius 1 is 1.00 bits per heavy atom. The van der Waals surface area contributed by atoms with Crippen molar-refractivity contribution < 1.29 is 9.59 Å². The molecule has 3 aliphatic heterocycles. The summed E-state index contributed by atoms with van der Waals surface area (Å²) in [6.45, 7) is 8.98. The van der Waals surface area contributed by atoms with Crippen LogP contribution in [0.25, 0.3) is 0 Å². The number of halogens is 2. The fourth-order valence-electron chi connectivity index (χ4n) is 6.76. The highest BCUT2D eigenvalue weighted by molar-refractivity contribution is 6.35. The van der Waals surface area contributed by atoms with E-state index in [-0.39, 0.29) is 17.7 Å². The van der Waals surface area contributed by atoms with E-state index in [1.165, 1.54) is 12.8 Å². The van der Waals surface area contributed by atoms with Gasteiger partial charge in [0.05, 0.1) is 18.2 Å². The lowest BCUT2D eigenvalue weighted by Gasteiger charge is -2.41. The Hall–Kier alpha value is -2.90. The number of unbranched alkanes of at least 4 members (excludes halogenated alkanes) is 1. The van der Waals surface area contributed by atoms with Gasteiger partial charge in [-0.05, 0) is 61.9 Å². The number of hydrogen-bond acceptors (Lipinski definition) is 5. The van der Waals surface area contributed by atoms with Crippen LogP contribution in [0.15, 0.2) is 84.1 Å². The number of carbonyl (C=O) groups excluding carboxylic acids is 2. The second-order valence-electron chi connectivity index (χ2n) is 12.2. The van der Waals surface area contributed by atoms with Gasteiger partial charge in [0.25, 0.3) is 5.91 Å². The maximum absolute atomic E-state index is 13.3. The van der Waals surface area contributed by atoms with Crippen molar-refractivity contribution in [1.29, 1.82) is 0 Å². The third-order valence-corrected chi connectivity index (χ3v) is 9.49. The maximum atomic E-state index is 13.3. The van der Waals surface area contributed by atoms with E-state index in [0.717, 1.165) is 62.2 Å². The zero-order chi connectivity index (χ0) is 31.1. The first kappa shape index (κ1) is 32.5. The van der Waals surface area contributed by atoms with E-state index in [0.29, 0.717) is 40.8 Å². The minimum Gasteiger partial charge on any atom is -0.370 e. The summed E-state index contributed by atoms with van der Waals surface area (Å²) in [7, 11) is 0. The Morgan fingerprint density at radius 3 is 2.39 bits per heavy atom. The molecule has 3 heterocycles. The van der Waals surface area contributed by atoms with E-state index in [4.69, 9.17) is 23.2 Å². The minimum absolute atomic E-state index is 0.0258. The number of allylic oxidation sites excluding steroid dienone is 3. The number of ketones is 1. The molecule has 2 bridgehead atoms. The molecule has 2 aromatic carbocycles. The number of benzene rings is 2. The van der Waals surface area contributed by atoms with Crippen LogP contribution in [0.3, 0.4) is 0 Å². The number of hydrogen-bond donors (Lipinski definition) is 1. The topological polar surface area (TPSA) is 55.9 Å². The SMILES string of the molecule is CCC/C=C\C=C1\C(C(=O)NCc2ccccc2)=CN(CCCN2C3CCC2CN(CC(=O)c2cc(Cl)cc(Cl)c2)C3)C1C. The van der Waals surface area contributed by atoms with E-state index >= 15 is 0 Å². The molecule has 8 heteroatoms. The normalized spacial score (nSPS) is 23.1. The van der Waals surface area contributed by atoms with Crippen LogP contribution in [0.5, 0.6) is 0 Å². The van der Waals surface area contributed by atoms with Gasteiger partial charge in [0, 0.05) is 66.6 Å². The molecular formula is C36H44Cl2N4O2. The third kappa shape index (κ3) is 8.22. The number of rotatable bonds is 13. The maximum Gasteiger partial charge on any atom is 0.253 e. The van der Waals surface area contributed by atoms with Gasteiger partial charge in [-0.1, -0.05) is 85.1 Å². The van der Waals surface area contributed by atoms with E-state index in [2.05, 4.69) is 58.3 Å². The summed E-state index contributed by atoms with van der Waals surface area (Å²) in [6.07, 6.45) is 13.9. The van der Waals surface area contributed by atoms with Crippen LogP contribution < -0.4 is 5.32 Å². The Bertz CT molecular complexity index is 1370. The molecule has 44 heavy (non-hydrogen) atoms. The smallest absolute Gasteiger partial charge is 0.253 e. The van der Waals surface area contributed by atoms with Gasteiger partial charge in [0.2, 0.25) is 0 Å². The van der Waals surface area contributed by atoms with Crippen LogP contribution in [0.1, 0.15) is 61.9 Å². The van der Waals surface area contributed by atoms with Gasteiger partial charge in [0.15, 0.2) is 5.78 Å². The van der Waals surface area contributed by atoms with E-state index in [1.54, 1.807) is 18.2 Å². The lowest BCUT2D eigenvalue weighted by atomic mass is 10.0. The van der Waals surface area contributed by atoms with Crippen LogP contribution in [-0.2, 0) is 11.3 Å². The van der Waals surface area contributed by atoms with Gasteiger partial charge in [0.1, 0.15) is 0 Å². The van der Waals surface area contributed by atoms with Crippen molar-refractivity contribution in [3.8, 4) is 0 Å². The summed E-state index contributed by atoms with van der Waals surface area (Å²) in [5.41, 5.74) is 3.49. The van der Waals surface area contributed by atoms with Gasteiger partial charge >= 0.3 is 0 Å². The van der Waals surface area contributed by atoms with Crippen molar-refractivity contribution >= 4 is 34.9 Å². The Labute approximate surface area is 272 Å². The second-order valence-corrected chi connectivity index (χ2v) is 13.1. The van der Waals surface area contributed by atoms with Gasteiger partial charge in [-0.2, -0.15) is 0 Å². The average Bonchev–Trinajstić information content (AvgIpc) is 3.44. The molecule has 0 aromatic heterocycles. The van der Waals surface area contributed by atoms with Crippen LogP contribution >= 0.6 is 23.2 Å². The summed E-state index contributed by atoms with van der Waals surface area (Å²) < 4.78 is 0. The van der Waals surface area contributed by atoms with Crippen molar-refractivity contribution in [1.82, 2.24) is 20.0 Å². The molecule has 2 fully saturated rings. The molecule has 2 saturated heterocycles. The van der Waals surface area contributed by atoms with Crippen molar-refractivity contribution in [3.63, 3.8) is 0 Å². The molecule has 0 aliphatic carbocycles. The van der Waals surface area contributed by atoms with Gasteiger partial charge in [-0.15, -0.1) is 0 Å². The highest BCUT2D eigenvalue weighted by Crippen LogP contribution is 2.32. The minimum atomic E-state index is -0.0258. The Morgan fingerprint density at radius 2 is 1.70 bits per heavy atom. The second kappa shape index (κ2) is 15.4. The zero-order valence-electron chi connectivity index (χ0n) is 25.9. The number of Topliss-reactive ketones (excluding diaryl/α,β-unsaturated/α-hetero) is 1. The highest BCUT2D eigenvalue weighted by Gasteiger charge is 2.40. The number of likely N-dealkylation sites (tertiary alicyclic amines) is 1. The molecule has 0 spiro atoms. The summed E-state index contributed by atoms with van der Waals surface area (Å²) in [6, 6.07) is 16.2. The fraction of sp³-hybridized carbons (Fsp3) is 0.444. The number of amides is 1. The molecule has 2 aromatic rings. The molecule has 3 unspecified atom stereocenters. The van der Waals surface area contributed by atoms with Gasteiger partial charge in [-0.3, -0.25) is 19.4 Å². The number of carbonyl (C=O) groups is 2. The highest BCUT2D eigenvalue weighted by atomic mass is 35.5. The molecule has 3 atom stereocenters. The number of piperazine rings is 1. The van der Waals surface area contributed by atoms with Gasteiger partial charge < -0.3 is 10.2 Å². The van der Waals surface area contributed by atoms with Crippen LogP contribution in [0.2, 0.25) is 10.0 Å². The summed E-state index contributed by atoms with van der Waals surface area (Å²) >= 11 is 12.3. The van der Waals surface area contributed by atoms with Crippen LogP contribution in [0, 0.1) is 0 Å². The fourth-order valence-corrected chi connectivity index (χ4v) is 7.28. The summed E-state index contributed by atoms with van der Waals surface area (Å²) in [5, 5.41) is 4.10. The Kier molecular flexibility index (Phi) is 11.4. The van der Waals surface area contributed by atoms with E-state index in [9.17, 15) is 9.59 Å². The van der Waals surface area contributed by atoms with Crippen molar-refractivity contribution in [2.45, 2.75) is 70.6 Å². The predicted octanol–water partition coefficient (Wildman–Crippen LogP) is 6.90.